The fourth-order valence-electron chi connectivity index (χ4n) is 2.25. The Hall–Kier alpha value is -0.820. The molecule has 2 rings (SSSR count). The van der Waals surface area contributed by atoms with Crippen molar-refractivity contribution in [1.29, 1.82) is 0 Å². The van der Waals surface area contributed by atoms with E-state index in [-0.39, 0.29) is 29.8 Å². The number of aliphatic hydroxyl groups excluding tert-OH is 1. The van der Waals surface area contributed by atoms with E-state index < -0.39 is 10.0 Å². The van der Waals surface area contributed by atoms with Crippen molar-refractivity contribution in [3.63, 3.8) is 0 Å². The maximum absolute atomic E-state index is 12.7. The van der Waals surface area contributed by atoms with E-state index in [0.717, 1.165) is 19.3 Å². The smallest absolute Gasteiger partial charge is 0.247 e. The van der Waals surface area contributed by atoms with E-state index in [0.29, 0.717) is 5.02 Å². The molecule has 0 atom stereocenters. The number of hydrogen-bond acceptors (Lipinski definition) is 4. The number of methoxy groups -OCH3 is 1. The molecule has 0 bridgehead atoms. The fraction of sp³-hybridized carbons (Fsp3) is 0.538. The van der Waals surface area contributed by atoms with Gasteiger partial charge in [-0.1, -0.05) is 18.0 Å². The summed E-state index contributed by atoms with van der Waals surface area (Å²) in [6, 6.07) is 4.41. The van der Waals surface area contributed by atoms with Gasteiger partial charge in [-0.2, -0.15) is 4.31 Å². The quantitative estimate of drug-likeness (QED) is 0.869. The molecule has 1 saturated carbocycles. The maximum Gasteiger partial charge on any atom is 0.247 e. The van der Waals surface area contributed by atoms with E-state index in [4.69, 9.17) is 21.4 Å². The number of halogens is 1. The number of ether oxygens (including phenoxy) is 1. The molecule has 112 valence electrons. The average Bonchev–Trinajstić information content (AvgIpc) is 2.35. The van der Waals surface area contributed by atoms with Gasteiger partial charge in [-0.05, 0) is 25.0 Å². The zero-order valence-electron chi connectivity index (χ0n) is 11.3. The fourth-order valence-corrected chi connectivity index (χ4v) is 4.23. The van der Waals surface area contributed by atoms with Gasteiger partial charge in [-0.15, -0.1) is 0 Å². The molecule has 1 aliphatic rings. The Balaban J connectivity index is 2.41. The van der Waals surface area contributed by atoms with Crippen molar-refractivity contribution < 1.29 is 18.3 Å². The van der Waals surface area contributed by atoms with Crippen molar-refractivity contribution in [2.24, 2.45) is 0 Å². The highest BCUT2D eigenvalue weighted by Crippen LogP contribution is 2.34. The molecule has 0 amide bonds. The third kappa shape index (κ3) is 2.93. The summed E-state index contributed by atoms with van der Waals surface area (Å²) >= 11 is 5.86. The van der Waals surface area contributed by atoms with Gasteiger partial charge in [0.25, 0.3) is 0 Å². The van der Waals surface area contributed by atoms with Gasteiger partial charge in [0.1, 0.15) is 10.6 Å². The van der Waals surface area contributed by atoms with Gasteiger partial charge >= 0.3 is 0 Å². The Morgan fingerprint density at radius 1 is 1.45 bits per heavy atom. The maximum atomic E-state index is 12.7. The Kier molecular flexibility index (Phi) is 4.90. The van der Waals surface area contributed by atoms with Gasteiger partial charge in [-0.3, -0.25) is 0 Å². The van der Waals surface area contributed by atoms with Crippen LogP contribution >= 0.6 is 11.6 Å². The van der Waals surface area contributed by atoms with Gasteiger partial charge < -0.3 is 9.84 Å². The highest BCUT2D eigenvalue weighted by molar-refractivity contribution is 7.89. The molecule has 1 aromatic carbocycles. The summed E-state index contributed by atoms with van der Waals surface area (Å²) in [5.74, 6) is 0.222. The van der Waals surface area contributed by atoms with Crippen LogP contribution in [-0.4, -0.2) is 44.1 Å². The molecular formula is C13H18ClNO4S. The monoisotopic (exact) mass is 319 g/mol. The third-order valence-electron chi connectivity index (χ3n) is 3.51. The molecule has 0 aliphatic heterocycles. The van der Waals surface area contributed by atoms with Gasteiger partial charge in [0, 0.05) is 23.7 Å². The summed E-state index contributed by atoms with van der Waals surface area (Å²) < 4.78 is 32.0. The largest absolute Gasteiger partial charge is 0.495 e. The minimum Gasteiger partial charge on any atom is -0.495 e. The van der Waals surface area contributed by atoms with Crippen molar-refractivity contribution in [2.75, 3.05) is 20.3 Å². The number of benzene rings is 1. The van der Waals surface area contributed by atoms with Crippen LogP contribution in [0.2, 0.25) is 5.02 Å². The van der Waals surface area contributed by atoms with E-state index in [1.807, 2.05) is 0 Å². The first kappa shape index (κ1) is 15.6. The summed E-state index contributed by atoms with van der Waals surface area (Å²) in [7, 11) is -2.29. The molecular weight excluding hydrogens is 302 g/mol. The van der Waals surface area contributed by atoms with Crippen LogP contribution in [0.25, 0.3) is 0 Å². The normalized spacial score (nSPS) is 16.2. The SMILES string of the molecule is COc1cc(Cl)ccc1S(=O)(=O)N(CCO)C1CCC1. The lowest BCUT2D eigenvalue weighted by molar-refractivity contribution is 0.178. The second-order valence-electron chi connectivity index (χ2n) is 4.72. The van der Waals surface area contributed by atoms with Crippen LogP contribution in [0, 0.1) is 0 Å². The Bertz CT molecular complexity index is 572. The van der Waals surface area contributed by atoms with Crippen LogP contribution < -0.4 is 4.74 Å². The standard InChI is InChI=1S/C13H18ClNO4S/c1-19-12-9-10(14)5-6-13(12)20(17,18)15(7-8-16)11-3-2-4-11/h5-6,9,11,16H,2-4,7-8H2,1H3. The molecule has 0 unspecified atom stereocenters. The Morgan fingerprint density at radius 2 is 2.15 bits per heavy atom. The van der Waals surface area contributed by atoms with Crippen LogP contribution in [0.3, 0.4) is 0 Å². The number of nitrogens with zero attached hydrogens (tertiary/aromatic N) is 1. The molecule has 1 fully saturated rings. The molecule has 5 nitrogen and oxygen atoms in total. The number of sulfonamides is 1. The molecule has 1 aromatic rings. The topological polar surface area (TPSA) is 66.8 Å². The van der Waals surface area contributed by atoms with Gasteiger partial charge in [0.15, 0.2) is 0 Å². The van der Waals surface area contributed by atoms with Crippen LogP contribution in [0.1, 0.15) is 19.3 Å². The lowest BCUT2D eigenvalue weighted by atomic mass is 9.93. The number of rotatable bonds is 6. The minimum atomic E-state index is -3.69. The molecule has 7 heteroatoms. The first-order valence-corrected chi connectivity index (χ1v) is 8.28. The van der Waals surface area contributed by atoms with Crippen molar-refractivity contribution in [3.8, 4) is 5.75 Å². The molecule has 0 aromatic heterocycles. The average molecular weight is 320 g/mol. The van der Waals surface area contributed by atoms with Gasteiger partial charge in [-0.25, -0.2) is 8.42 Å². The minimum absolute atomic E-state index is 0.0347. The predicted molar refractivity (Wildman–Crippen MR) is 76.6 cm³/mol. The summed E-state index contributed by atoms with van der Waals surface area (Å²) in [5, 5.41) is 9.54. The third-order valence-corrected chi connectivity index (χ3v) is 5.74. The molecule has 0 heterocycles. The molecule has 1 aliphatic carbocycles. The van der Waals surface area contributed by atoms with Crippen LogP contribution in [0.15, 0.2) is 23.1 Å². The highest BCUT2D eigenvalue weighted by atomic mass is 35.5. The summed E-state index contributed by atoms with van der Waals surface area (Å²) in [5.41, 5.74) is 0. The predicted octanol–water partition coefficient (Wildman–Crippen LogP) is 1.88. The number of aliphatic hydroxyl groups is 1. The van der Waals surface area contributed by atoms with E-state index in [1.165, 1.54) is 29.6 Å². The lowest BCUT2D eigenvalue weighted by Crippen LogP contribution is -2.45. The summed E-state index contributed by atoms with van der Waals surface area (Å²) in [4.78, 5) is 0.0877. The molecule has 0 radical (unpaired) electrons. The zero-order valence-corrected chi connectivity index (χ0v) is 12.8. The highest BCUT2D eigenvalue weighted by Gasteiger charge is 2.36. The molecule has 20 heavy (non-hydrogen) atoms. The second-order valence-corrected chi connectivity index (χ2v) is 7.01. The second kappa shape index (κ2) is 6.30. The molecule has 0 saturated heterocycles. The van der Waals surface area contributed by atoms with Crippen molar-refractivity contribution >= 4 is 21.6 Å². The van der Waals surface area contributed by atoms with E-state index in [9.17, 15) is 8.42 Å². The zero-order chi connectivity index (χ0) is 14.8. The van der Waals surface area contributed by atoms with Gasteiger partial charge in [0.2, 0.25) is 10.0 Å². The lowest BCUT2D eigenvalue weighted by Gasteiger charge is -2.36. The van der Waals surface area contributed by atoms with Crippen molar-refractivity contribution in [2.45, 2.75) is 30.2 Å². The first-order valence-electron chi connectivity index (χ1n) is 6.47. The first-order chi connectivity index (χ1) is 9.50. The van der Waals surface area contributed by atoms with Crippen molar-refractivity contribution in [3.05, 3.63) is 23.2 Å². The molecule has 1 N–H and O–H groups in total. The van der Waals surface area contributed by atoms with Crippen LogP contribution in [0.5, 0.6) is 5.75 Å². The van der Waals surface area contributed by atoms with E-state index in [2.05, 4.69) is 0 Å². The summed E-state index contributed by atoms with van der Waals surface area (Å²) in [6.45, 7) is -0.107. The van der Waals surface area contributed by atoms with Crippen molar-refractivity contribution in [1.82, 2.24) is 4.31 Å². The Labute approximate surface area is 124 Å². The summed E-state index contributed by atoms with van der Waals surface area (Å²) in [6.07, 6.45) is 2.67. The Morgan fingerprint density at radius 3 is 2.65 bits per heavy atom. The van der Waals surface area contributed by atoms with E-state index in [1.54, 1.807) is 0 Å². The van der Waals surface area contributed by atoms with Crippen LogP contribution in [0.4, 0.5) is 0 Å². The molecule has 0 spiro atoms. The number of hydrogen-bond donors (Lipinski definition) is 1. The van der Waals surface area contributed by atoms with Gasteiger partial charge in [0.05, 0.1) is 13.7 Å². The van der Waals surface area contributed by atoms with Crippen LogP contribution in [-0.2, 0) is 10.0 Å². The van der Waals surface area contributed by atoms with E-state index >= 15 is 0 Å².